The molecule has 5 heteroatoms. The molecule has 1 aliphatic rings. The molecule has 0 aliphatic carbocycles. The molecule has 1 amide bonds. The number of rotatable bonds is 6. The molecule has 1 aliphatic heterocycles. The highest BCUT2D eigenvalue weighted by atomic mass is 16.5. The number of ether oxygens (including phenoxy) is 2. The van der Waals surface area contributed by atoms with Gasteiger partial charge in [0.1, 0.15) is 6.61 Å². The van der Waals surface area contributed by atoms with Gasteiger partial charge in [0.2, 0.25) is 0 Å². The Hall–Kier alpha value is -2.56. The molecule has 3 rings (SSSR count). The van der Waals surface area contributed by atoms with Gasteiger partial charge in [-0.25, -0.2) is 0 Å². The second-order valence-electron chi connectivity index (χ2n) is 6.10. The zero-order valence-corrected chi connectivity index (χ0v) is 14.6. The molecule has 132 valence electrons. The van der Waals surface area contributed by atoms with Crippen LogP contribution in [0, 0.1) is 0 Å². The predicted molar refractivity (Wildman–Crippen MR) is 95.9 cm³/mol. The molecule has 2 heterocycles. The summed E-state index contributed by atoms with van der Waals surface area (Å²) in [6.07, 6.45) is 6.87. The Labute approximate surface area is 148 Å². The number of hydrogen-bond acceptors (Lipinski definition) is 4. The highest BCUT2D eigenvalue weighted by molar-refractivity contribution is 5.95. The number of amides is 1. The zero-order valence-electron chi connectivity index (χ0n) is 14.6. The molecular weight excluding hydrogens is 316 g/mol. The van der Waals surface area contributed by atoms with E-state index in [1.807, 2.05) is 36.1 Å². The van der Waals surface area contributed by atoms with Crippen molar-refractivity contribution in [1.29, 1.82) is 0 Å². The summed E-state index contributed by atoms with van der Waals surface area (Å²) < 4.78 is 11.6. The monoisotopic (exact) mass is 340 g/mol. The van der Waals surface area contributed by atoms with Gasteiger partial charge >= 0.3 is 0 Å². The molecule has 25 heavy (non-hydrogen) atoms. The number of benzene rings is 1. The van der Waals surface area contributed by atoms with Crippen LogP contribution in [0.2, 0.25) is 0 Å². The summed E-state index contributed by atoms with van der Waals surface area (Å²) in [6, 6.07) is 9.26. The normalized spacial score (nSPS) is 14.2. The van der Waals surface area contributed by atoms with Crippen LogP contribution in [0.1, 0.15) is 42.1 Å². The van der Waals surface area contributed by atoms with Crippen molar-refractivity contribution >= 4 is 5.91 Å². The van der Waals surface area contributed by atoms with Crippen molar-refractivity contribution in [3.05, 3.63) is 53.9 Å². The quantitative estimate of drug-likeness (QED) is 0.805. The Morgan fingerprint density at radius 2 is 1.96 bits per heavy atom. The number of aromatic nitrogens is 1. The van der Waals surface area contributed by atoms with Gasteiger partial charge in [-0.1, -0.05) is 6.07 Å². The first-order valence-electron chi connectivity index (χ1n) is 8.85. The van der Waals surface area contributed by atoms with Gasteiger partial charge in [-0.05, 0) is 50.5 Å². The molecule has 0 spiro atoms. The van der Waals surface area contributed by atoms with Gasteiger partial charge in [0.15, 0.2) is 11.5 Å². The minimum absolute atomic E-state index is 0.0689. The average Bonchev–Trinajstić information content (AvgIpc) is 2.68. The van der Waals surface area contributed by atoms with Crippen LogP contribution in [0.5, 0.6) is 11.5 Å². The minimum atomic E-state index is 0.0689. The fourth-order valence-corrected chi connectivity index (χ4v) is 2.95. The first-order chi connectivity index (χ1) is 12.3. The van der Waals surface area contributed by atoms with Gasteiger partial charge in [0.05, 0.1) is 6.61 Å². The van der Waals surface area contributed by atoms with E-state index in [-0.39, 0.29) is 5.91 Å². The van der Waals surface area contributed by atoms with Crippen molar-refractivity contribution in [1.82, 2.24) is 9.88 Å². The van der Waals surface area contributed by atoms with E-state index >= 15 is 0 Å². The highest BCUT2D eigenvalue weighted by Crippen LogP contribution is 2.30. The van der Waals surface area contributed by atoms with Gasteiger partial charge in [-0.2, -0.15) is 0 Å². The Morgan fingerprint density at radius 1 is 1.12 bits per heavy atom. The zero-order chi connectivity index (χ0) is 17.5. The SMILES string of the molecule is CCOc1cc(C(=O)N2CCCCC2)ccc1OCc1cccnc1. The van der Waals surface area contributed by atoms with Crippen LogP contribution in [-0.4, -0.2) is 35.5 Å². The molecule has 2 aromatic rings. The second-order valence-corrected chi connectivity index (χ2v) is 6.10. The molecule has 0 bridgehead atoms. The molecule has 1 aromatic heterocycles. The topological polar surface area (TPSA) is 51.7 Å². The van der Waals surface area contributed by atoms with Crippen molar-refractivity contribution in [2.75, 3.05) is 19.7 Å². The van der Waals surface area contributed by atoms with Crippen LogP contribution >= 0.6 is 0 Å². The van der Waals surface area contributed by atoms with Crippen molar-refractivity contribution in [2.45, 2.75) is 32.8 Å². The number of nitrogens with zero attached hydrogens (tertiary/aromatic N) is 2. The number of hydrogen-bond donors (Lipinski definition) is 0. The Balaban J connectivity index is 1.74. The van der Waals surface area contributed by atoms with Crippen LogP contribution in [0.25, 0.3) is 0 Å². The van der Waals surface area contributed by atoms with Gasteiger partial charge in [0, 0.05) is 36.6 Å². The number of likely N-dealkylation sites (tertiary alicyclic amines) is 1. The molecule has 0 unspecified atom stereocenters. The molecular formula is C20H24N2O3. The maximum Gasteiger partial charge on any atom is 0.253 e. The summed E-state index contributed by atoms with van der Waals surface area (Å²) in [7, 11) is 0. The lowest BCUT2D eigenvalue weighted by Crippen LogP contribution is -2.35. The number of pyridine rings is 1. The van der Waals surface area contributed by atoms with Crippen molar-refractivity contribution in [3.8, 4) is 11.5 Å². The van der Waals surface area contributed by atoms with Crippen LogP contribution in [-0.2, 0) is 6.61 Å². The van der Waals surface area contributed by atoms with Crippen LogP contribution < -0.4 is 9.47 Å². The number of carbonyl (C=O) groups is 1. The molecule has 5 nitrogen and oxygen atoms in total. The summed E-state index contributed by atoms with van der Waals surface area (Å²) >= 11 is 0. The first kappa shape index (κ1) is 17.3. The van der Waals surface area contributed by atoms with Crippen LogP contribution in [0.4, 0.5) is 0 Å². The van der Waals surface area contributed by atoms with Crippen molar-refractivity contribution in [2.24, 2.45) is 0 Å². The molecule has 1 fully saturated rings. The first-order valence-corrected chi connectivity index (χ1v) is 8.85. The summed E-state index contributed by atoms with van der Waals surface area (Å²) in [4.78, 5) is 18.7. The van der Waals surface area contributed by atoms with E-state index in [0.29, 0.717) is 30.3 Å². The van der Waals surface area contributed by atoms with E-state index in [9.17, 15) is 4.79 Å². The summed E-state index contributed by atoms with van der Waals surface area (Å²) in [6.45, 7) is 4.52. The third kappa shape index (κ3) is 4.50. The summed E-state index contributed by atoms with van der Waals surface area (Å²) in [5.41, 5.74) is 1.64. The Kier molecular flexibility index (Phi) is 5.88. The van der Waals surface area contributed by atoms with E-state index in [4.69, 9.17) is 9.47 Å². The standard InChI is InChI=1S/C20H24N2O3/c1-2-24-19-13-17(20(23)22-11-4-3-5-12-22)8-9-18(19)25-15-16-7-6-10-21-14-16/h6-10,13-14H,2-5,11-12,15H2,1H3. The molecule has 0 saturated carbocycles. The van der Waals surface area contributed by atoms with Gasteiger partial charge < -0.3 is 14.4 Å². The maximum absolute atomic E-state index is 12.7. The lowest BCUT2D eigenvalue weighted by atomic mass is 10.1. The highest BCUT2D eigenvalue weighted by Gasteiger charge is 2.19. The predicted octanol–water partition coefficient (Wildman–Crippen LogP) is 3.69. The third-order valence-corrected chi connectivity index (χ3v) is 4.25. The van der Waals surface area contributed by atoms with Gasteiger partial charge in [0.25, 0.3) is 5.91 Å². The molecule has 0 atom stereocenters. The smallest absolute Gasteiger partial charge is 0.253 e. The fraction of sp³-hybridized carbons (Fsp3) is 0.400. The van der Waals surface area contributed by atoms with Crippen LogP contribution in [0.3, 0.4) is 0 Å². The molecule has 1 aromatic carbocycles. The molecule has 1 saturated heterocycles. The maximum atomic E-state index is 12.7. The third-order valence-electron chi connectivity index (χ3n) is 4.25. The fourth-order valence-electron chi connectivity index (χ4n) is 2.95. The van der Waals surface area contributed by atoms with Gasteiger partial charge in [-0.3, -0.25) is 9.78 Å². The largest absolute Gasteiger partial charge is 0.490 e. The summed E-state index contributed by atoms with van der Waals surface area (Å²) in [5, 5.41) is 0. The van der Waals surface area contributed by atoms with Crippen molar-refractivity contribution in [3.63, 3.8) is 0 Å². The minimum Gasteiger partial charge on any atom is -0.490 e. The van der Waals surface area contributed by atoms with E-state index < -0.39 is 0 Å². The van der Waals surface area contributed by atoms with E-state index in [1.165, 1.54) is 6.42 Å². The lowest BCUT2D eigenvalue weighted by molar-refractivity contribution is 0.0723. The van der Waals surface area contributed by atoms with E-state index in [1.54, 1.807) is 18.5 Å². The van der Waals surface area contributed by atoms with E-state index in [0.717, 1.165) is 31.5 Å². The summed E-state index contributed by atoms with van der Waals surface area (Å²) in [5.74, 6) is 1.31. The lowest BCUT2D eigenvalue weighted by Gasteiger charge is -2.27. The Morgan fingerprint density at radius 3 is 2.68 bits per heavy atom. The number of piperidine rings is 1. The van der Waals surface area contributed by atoms with Crippen molar-refractivity contribution < 1.29 is 14.3 Å². The van der Waals surface area contributed by atoms with E-state index in [2.05, 4.69) is 4.98 Å². The van der Waals surface area contributed by atoms with Gasteiger partial charge in [-0.15, -0.1) is 0 Å². The number of carbonyl (C=O) groups excluding carboxylic acids is 1. The van der Waals surface area contributed by atoms with Crippen LogP contribution in [0.15, 0.2) is 42.7 Å². The Bertz CT molecular complexity index is 697. The molecule has 0 radical (unpaired) electrons. The average molecular weight is 340 g/mol. The second kappa shape index (κ2) is 8.51. The molecule has 0 N–H and O–H groups in total.